The maximum atomic E-state index is 11.8. The minimum atomic E-state index is 0.260. The van der Waals surface area contributed by atoms with Crippen molar-refractivity contribution in [3.63, 3.8) is 0 Å². The second-order valence-electron chi connectivity index (χ2n) is 7.87. The van der Waals surface area contributed by atoms with Gasteiger partial charge in [0.15, 0.2) is 5.82 Å². The van der Waals surface area contributed by atoms with E-state index in [0.29, 0.717) is 25.3 Å². The maximum absolute atomic E-state index is 11.8. The number of benzene rings is 3. The second kappa shape index (κ2) is 8.56. The number of aromatic nitrogens is 2. The molecule has 0 saturated carbocycles. The second-order valence-corrected chi connectivity index (χ2v) is 7.87. The number of carbonyl (C=O) groups excluding carboxylic acids is 1. The Labute approximate surface area is 181 Å². The average molecular weight is 409 g/mol. The van der Waals surface area contributed by atoms with Crippen LogP contribution in [0.3, 0.4) is 0 Å². The summed E-state index contributed by atoms with van der Waals surface area (Å²) in [6, 6.07) is 26.6. The number of likely N-dealkylation sites (tertiary alicyclic amines) is 1. The van der Waals surface area contributed by atoms with Gasteiger partial charge in [-0.15, -0.1) is 0 Å². The summed E-state index contributed by atoms with van der Waals surface area (Å²) < 4.78 is 0. The van der Waals surface area contributed by atoms with Crippen molar-refractivity contribution in [1.29, 1.82) is 0 Å². The van der Waals surface area contributed by atoms with E-state index in [-0.39, 0.29) is 5.91 Å². The standard InChI is InChI=1S/C26H24N4O/c31-24-11-6-16-30(24)18-20-14-12-19(13-15-20)17-27-26-22-9-4-5-10-23(22)28-25(29-26)21-7-2-1-3-8-21/h1-5,7-10,12-15H,6,11,16-18H2,(H,27,28,29). The molecule has 2 heterocycles. The van der Waals surface area contributed by atoms with Crippen molar-refractivity contribution in [1.82, 2.24) is 14.9 Å². The van der Waals surface area contributed by atoms with Gasteiger partial charge >= 0.3 is 0 Å². The number of carbonyl (C=O) groups is 1. The monoisotopic (exact) mass is 408 g/mol. The van der Waals surface area contributed by atoms with Crippen molar-refractivity contribution in [2.24, 2.45) is 0 Å². The lowest BCUT2D eigenvalue weighted by Crippen LogP contribution is -2.23. The van der Waals surface area contributed by atoms with E-state index < -0.39 is 0 Å². The maximum Gasteiger partial charge on any atom is 0.222 e. The number of anilines is 1. The summed E-state index contributed by atoms with van der Waals surface area (Å²) in [5.74, 6) is 1.80. The third kappa shape index (κ3) is 4.26. The molecule has 0 atom stereocenters. The van der Waals surface area contributed by atoms with Crippen LogP contribution in [0, 0.1) is 0 Å². The van der Waals surface area contributed by atoms with Crippen molar-refractivity contribution in [2.75, 3.05) is 11.9 Å². The molecule has 1 aliphatic rings. The van der Waals surface area contributed by atoms with Gasteiger partial charge < -0.3 is 10.2 Å². The van der Waals surface area contributed by atoms with E-state index in [1.54, 1.807) is 0 Å². The third-order valence-corrected chi connectivity index (χ3v) is 5.66. The molecule has 1 saturated heterocycles. The van der Waals surface area contributed by atoms with E-state index in [1.165, 1.54) is 5.56 Å². The summed E-state index contributed by atoms with van der Waals surface area (Å²) in [5, 5.41) is 4.50. The third-order valence-electron chi connectivity index (χ3n) is 5.66. The van der Waals surface area contributed by atoms with Gasteiger partial charge in [-0.05, 0) is 29.7 Å². The van der Waals surface area contributed by atoms with Crippen molar-refractivity contribution < 1.29 is 4.79 Å². The Hall–Kier alpha value is -3.73. The van der Waals surface area contributed by atoms with E-state index in [0.717, 1.165) is 40.8 Å². The molecule has 0 radical (unpaired) electrons. The van der Waals surface area contributed by atoms with Crippen molar-refractivity contribution >= 4 is 22.6 Å². The van der Waals surface area contributed by atoms with Crippen LogP contribution in [0.15, 0.2) is 78.9 Å². The summed E-state index contributed by atoms with van der Waals surface area (Å²) in [6.07, 6.45) is 1.65. The summed E-state index contributed by atoms with van der Waals surface area (Å²) in [6.45, 7) is 2.23. The molecule has 0 bridgehead atoms. The highest BCUT2D eigenvalue weighted by molar-refractivity contribution is 5.90. The van der Waals surface area contributed by atoms with E-state index in [1.807, 2.05) is 59.5 Å². The number of nitrogens with zero attached hydrogens (tertiary/aromatic N) is 3. The molecule has 5 heteroatoms. The highest BCUT2D eigenvalue weighted by Gasteiger charge is 2.19. The zero-order valence-electron chi connectivity index (χ0n) is 17.3. The van der Waals surface area contributed by atoms with Crippen LogP contribution < -0.4 is 5.32 Å². The molecule has 1 aromatic heterocycles. The fraction of sp³-hybridized carbons (Fsp3) is 0.192. The molecule has 1 aliphatic heterocycles. The van der Waals surface area contributed by atoms with Gasteiger partial charge in [-0.3, -0.25) is 4.79 Å². The summed E-state index contributed by atoms with van der Waals surface area (Å²) in [5.41, 5.74) is 4.25. The van der Waals surface area contributed by atoms with Crippen LogP contribution in [0.5, 0.6) is 0 Å². The number of rotatable bonds is 6. The van der Waals surface area contributed by atoms with Gasteiger partial charge in [0.2, 0.25) is 5.91 Å². The zero-order chi connectivity index (χ0) is 21.0. The fourth-order valence-electron chi connectivity index (χ4n) is 3.97. The first-order valence-electron chi connectivity index (χ1n) is 10.7. The minimum absolute atomic E-state index is 0.260. The van der Waals surface area contributed by atoms with Crippen LogP contribution in [0.25, 0.3) is 22.3 Å². The molecule has 0 unspecified atom stereocenters. The largest absolute Gasteiger partial charge is 0.365 e. The first kappa shape index (κ1) is 19.2. The number of hydrogen-bond donors (Lipinski definition) is 1. The van der Waals surface area contributed by atoms with Crippen LogP contribution in [-0.4, -0.2) is 27.3 Å². The van der Waals surface area contributed by atoms with Gasteiger partial charge in [-0.1, -0.05) is 66.7 Å². The molecule has 1 N–H and O–H groups in total. The SMILES string of the molecule is O=C1CCCN1Cc1ccc(CNc2nc(-c3ccccc3)nc3ccccc23)cc1. The quantitative estimate of drug-likeness (QED) is 0.486. The fourth-order valence-corrected chi connectivity index (χ4v) is 3.97. The molecule has 0 aliphatic carbocycles. The average Bonchev–Trinajstić information content (AvgIpc) is 3.23. The smallest absolute Gasteiger partial charge is 0.222 e. The molecular weight excluding hydrogens is 384 g/mol. The van der Waals surface area contributed by atoms with E-state index in [4.69, 9.17) is 9.97 Å². The van der Waals surface area contributed by atoms with Gasteiger partial charge in [0, 0.05) is 37.0 Å². The normalized spacial score (nSPS) is 13.7. The predicted molar refractivity (Wildman–Crippen MR) is 123 cm³/mol. The molecule has 1 amide bonds. The molecule has 4 aromatic rings. The Balaban J connectivity index is 1.35. The Kier molecular flexibility index (Phi) is 5.31. The number of fused-ring (bicyclic) bond motifs is 1. The summed E-state index contributed by atoms with van der Waals surface area (Å²) in [4.78, 5) is 23.3. The Bertz CT molecular complexity index is 1210. The molecule has 5 nitrogen and oxygen atoms in total. The lowest BCUT2D eigenvalue weighted by atomic mass is 10.1. The first-order chi connectivity index (χ1) is 15.3. The molecule has 31 heavy (non-hydrogen) atoms. The van der Waals surface area contributed by atoms with E-state index in [2.05, 4.69) is 29.6 Å². The van der Waals surface area contributed by atoms with Gasteiger partial charge in [-0.2, -0.15) is 0 Å². The number of hydrogen-bond acceptors (Lipinski definition) is 4. The van der Waals surface area contributed by atoms with Crippen LogP contribution >= 0.6 is 0 Å². The lowest BCUT2D eigenvalue weighted by molar-refractivity contribution is -0.128. The van der Waals surface area contributed by atoms with Crippen LogP contribution in [0.4, 0.5) is 5.82 Å². The molecular formula is C26H24N4O. The van der Waals surface area contributed by atoms with Crippen molar-refractivity contribution in [2.45, 2.75) is 25.9 Å². The number of para-hydroxylation sites is 1. The molecule has 154 valence electrons. The minimum Gasteiger partial charge on any atom is -0.365 e. The van der Waals surface area contributed by atoms with Gasteiger partial charge in [0.05, 0.1) is 5.52 Å². The van der Waals surface area contributed by atoms with Crippen LogP contribution in [-0.2, 0) is 17.9 Å². The highest BCUT2D eigenvalue weighted by atomic mass is 16.2. The van der Waals surface area contributed by atoms with Crippen molar-refractivity contribution in [3.05, 3.63) is 90.0 Å². The van der Waals surface area contributed by atoms with Crippen molar-refractivity contribution in [3.8, 4) is 11.4 Å². The summed E-state index contributed by atoms with van der Waals surface area (Å²) >= 11 is 0. The molecule has 5 rings (SSSR count). The molecule has 3 aromatic carbocycles. The van der Waals surface area contributed by atoms with Crippen LogP contribution in [0.2, 0.25) is 0 Å². The Morgan fingerprint density at radius 3 is 2.35 bits per heavy atom. The van der Waals surface area contributed by atoms with Crippen LogP contribution in [0.1, 0.15) is 24.0 Å². The first-order valence-corrected chi connectivity index (χ1v) is 10.7. The summed E-state index contributed by atoms with van der Waals surface area (Å²) in [7, 11) is 0. The Morgan fingerprint density at radius 2 is 1.58 bits per heavy atom. The Morgan fingerprint density at radius 1 is 0.839 bits per heavy atom. The van der Waals surface area contributed by atoms with Gasteiger partial charge in [-0.25, -0.2) is 9.97 Å². The predicted octanol–water partition coefficient (Wildman–Crippen LogP) is 5.03. The van der Waals surface area contributed by atoms with E-state index in [9.17, 15) is 4.79 Å². The molecule has 1 fully saturated rings. The van der Waals surface area contributed by atoms with E-state index >= 15 is 0 Å². The number of amides is 1. The van der Waals surface area contributed by atoms with Gasteiger partial charge in [0.25, 0.3) is 0 Å². The highest BCUT2D eigenvalue weighted by Crippen LogP contribution is 2.25. The number of nitrogens with one attached hydrogen (secondary N) is 1. The molecule has 0 spiro atoms. The zero-order valence-corrected chi connectivity index (χ0v) is 17.3. The van der Waals surface area contributed by atoms with Gasteiger partial charge in [0.1, 0.15) is 5.82 Å². The topological polar surface area (TPSA) is 58.1 Å². The lowest BCUT2D eigenvalue weighted by Gasteiger charge is -2.16.